The molecule has 1 aromatic carbocycles. The molecule has 0 spiro atoms. The first-order chi connectivity index (χ1) is 9.59. The third-order valence-electron chi connectivity index (χ3n) is 4.86. The molecule has 3 nitrogen and oxygen atoms in total. The van der Waals surface area contributed by atoms with E-state index < -0.39 is 6.04 Å². The molecule has 0 saturated heterocycles. The molecule has 1 fully saturated rings. The van der Waals surface area contributed by atoms with E-state index in [1.807, 2.05) is 13.0 Å². The van der Waals surface area contributed by atoms with Gasteiger partial charge in [-0.3, -0.25) is 4.79 Å². The zero-order valence-corrected chi connectivity index (χ0v) is 13.8. The van der Waals surface area contributed by atoms with Gasteiger partial charge in [-0.1, -0.05) is 57.0 Å². The normalized spacial score (nSPS) is 18.8. The number of hydrogen-bond acceptors (Lipinski definition) is 2. The van der Waals surface area contributed by atoms with Crippen LogP contribution in [0.25, 0.3) is 0 Å². The maximum Gasteiger partial charge on any atom is 0.237 e. The van der Waals surface area contributed by atoms with E-state index in [2.05, 4.69) is 36.5 Å². The van der Waals surface area contributed by atoms with Gasteiger partial charge in [0.2, 0.25) is 5.91 Å². The standard InChI is InChI=1S/C17H26N2O.ClH/c1-3-13(2)15(18)16(20)19-12-17(10-7-11-17)14-8-5-4-6-9-14;/h4-6,8-9,13,15H,3,7,10-12,18H2,1-2H3,(H,19,20);1H. The summed E-state index contributed by atoms with van der Waals surface area (Å²) in [5, 5.41) is 3.07. The fraction of sp³-hybridized carbons (Fsp3) is 0.588. The van der Waals surface area contributed by atoms with E-state index in [4.69, 9.17) is 5.73 Å². The number of benzene rings is 1. The number of halogens is 1. The largest absolute Gasteiger partial charge is 0.354 e. The number of nitrogens with two attached hydrogens (primary N) is 1. The van der Waals surface area contributed by atoms with E-state index >= 15 is 0 Å². The van der Waals surface area contributed by atoms with Crippen LogP contribution in [-0.4, -0.2) is 18.5 Å². The molecular weight excluding hydrogens is 284 g/mol. The van der Waals surface area contributed by atoms with Gasteiger partial charge in [-0.2, -0.15) is 0 Å². The molecule has 2 unspecified atom stereocenters. The number of carbonyl (C=O) groups excluding carboxylic acids is 1. The molecule has 1 saturated carbocycles. The first-order valence-corrected chi connectivity index (χ1v) is 7.68. The van der Waals surface area contributed by atoms with E-state index in [-0.39, 0.29) is 29.6 Å². The van der Waals surface area contributed by atoms with Crippen LogP contribution in [0.4, 0.5) is 0 Å². The van der Waals surface area contributed by atoms with Crippen molar-refractivity contribution in [2.75, 3.05) is 6.54 Å². The molecule has 4 heteroatoms. The number of amides is 1. The van der Waals surface area contributed by atoms with Crippen molar-refractivity contribution in [1.82, 2.24) is 5.32 Å². The van der Waals surface area contributed by atoms with Crippen LogP contribution in [0.1, 0.15) is 45.1 Å². The lowest BCUT2D eigenvalue weighted by Crippen LogP contribution is -2.51. The zero-order valence-electron chi connectivity index (χ0n) is 13.0. The molecule has 0 aromatic heterocycles. The Bertz CT molecular complexity index is 445. The summed E-state index contributed by atoms with van der Waals surface area (Å²) < 4.78 is 0. The number of rotatable bonds is 6. The Morgan fingerprint density at radius 1 is 1.33 bits per heavy atom. The molecule has 1 aliphatic rings. The minimum absolute atomic E-state index is 0. The Kier molecular flexibility index (Phi) is 6.69. The highest BCUT2D eigenvalue weighted by atomic mass is 35.5. The number of hydrogen-bond donors (Lipinski definition) is 2. The van der Waals surface area contributed by atoms with Gasteiger partial charge in [0, 0.05) is 12.0 Å². The number of nitrogens with one attached hydrogen (secondary N) is 1. The van der Waals surface area contributed by atoms with Gasteiger partial charge in [0.1, 0.15) is 0 Å². The molecule has 3 N–H and O–H groups in total. The summed E-state index contributed by atoms with van der Waals surface area (Å²) in [7, 11) is 0. The summed E-state index contributed by atoms with van der Waals surface area (Å²) in [5.74, 6) is 0.214. The van der Waals surface area contributed by atoms with Crippen molar-refractivity contribution in [3.63, 3.8) is 0 Å². The van der Waals surface area contributed by atoms with Crippen molar-refractivity contribution in [2.45, 2.75) is 51.0 Å². The monoisotopic (exact) mass is 310 g/mol. The van der Waals surface area contributed by atoms with Gasteiger partial charge in [0.15, 0.2) is 0 Å². The van der Waals surface area contributed by atoms with Crippen LogP contribution in [0.15, 0.2) is 30.3 Å². The lowest BCUT2D eigenvalue weighted by Gasteiger charge is -2.43. The zero-order chi connectivity index (χ0) is 14.6. The molecule has 0 bridgehead atoms. The Morgan fingerprint density at radius 2 is 1.95 bits per heavy atom. The highest BCUT2D eigenvalue weighted by Crippen LogP contribution is 2.43. The lowest BCUT2D eigenvalue weighted by molar-refractivity contribution is -0.123. The summed E-state index contributed by atoms with van der Waals surface area (Å²) in [6, 6.07) is 10.1. The minimum Gasteiger partial charge on any atom is -0.354 e. The molecule has 0 aliphatic heterocycles. The molecular formula is C17H27ClN2O. The SMILES string of the molecule is CCC(C)C(N)C(=O)NCC1(c2ccccc2)CCC1.Cl. The van der Waals surface area contributed by atoms with Crippen LogP contribution in [0.3, 0.4) is 0 Å². The van der Waals surface area contributed by atoms with Crippen molar-refractivity contribution in [3.05, 3.63) is 35.9 Å². The van der Waals surface area contributed by atoms with Crippen molar-refractivity contribution in [3.8, 4) is 0 Å². The lowest BCUT2D eigenvalue weighted by atomic mass is 9.64. The molecule has 0 heterocycles. The second-order valence-corrected chi connectivity index (χ2v) is 6.13. The smallest absolute Gasteiger partial charge is 0.237 e. The predicted molar refractivity (Wildman–Crippen MR) is 89.7 cm³/mol. The summed E-state index contributed by atoms with van der Waals surface area (Å²) in [5.41, 5.74) is 7.45. The van der Waals surface area contributed by atoms with Crippen molar-refractivity contribution in [2.24, 2.45) is 11.7 Å². The van der Waals surface area contributed by atoms with Gasteiger partial charge >= 0.3 is 0 Å². The second-order valence-electron chi connectivity index (χ2n) is 6.13. The minimum atomic E-state index is -0.395. The van der Waals surface area contributed by atoms with E-state index in [1.165, 1.54) is 12.0 Å². The fourth-order valence-electron chi connectivity index (χ4n) is 2.85. The Balaban J connectivity index is 0.00000220. The van der Waals surface area contributed by atoms with Crippen LogP contribution in [0.5, 0.6) is 0 Å². The molecule has 2 atom stereocenters. The van der Waals surface area contributed by atoms with Crippen LogP contribution >= 0.6 is 12.4 Å². The van der Waals surface area contributed by atoms with Crippen LogP contribution in [-0.2, 0) is 10.2 Å². The summed E-state index contributed by atoms with van der Waals surface area (Å²) >= 11 is 0. The maximum absolute atomic E-state index is 12.1. The highest BCUT2D eigenvalue weighted by Gasteiger charge is 2.39. The van der Waals surface area contributed by atoms with Gasteiger partial charge in [-0.05, 0) is 24.3 Å². The van der Waals surface area contributed by atoms with Gasteiger partial charge in [-0.15, -0.1) is 12.4 Å². The van der Waals surface area contributed by atoms with E-state index in [1.54, 1.807) is 0 Å². The topological polar surface area (TPSA) is 55.1 Å². The van der Waals surface area contributed by atoms with Gasteiger partial charge < -0.3 is 11.1 Å². The molecule has 2 rings (SSSR count). The summed E-state index contributed by atoms with van der Waals surface area (Å²) in [6.45, 7) is 4.80. The number of carbonyl (C=O) groups is 1. The molecule has 1 aliphatic carbocycles. The van der Waals surface area contributed by atoms with Crippen molar-refractivity contribution >= 4 is 18.3 Å². The molecule has 21 heavy (non-hydrogen) atoms. The Morgan fingerprint density at radius 3 is 2.43 bits per heavy atom. The van der Waals surface area contributed by atoms with Crippen LogP contribution in [0.2, 0.25) is 0 Å². The van der Waals surface area contributed by atoms with E-state index in [0.29, 0.717) is 6.54 Å². The van der Waals surface area contributed by atoms with Crippen LogP contribution in [0, 0.1) is 5.92 Å². The quantitative estimate of drug-likeness (QED) is 0.848. The van der Waals surface area contributed by atoms with Crippen molar-refractivity contribution < 1.29 is 4.79 Å². The molecule has 118 valence electrons. The predicted octanol–water partition coefficient (Wildman–Crippen LogP) is 3.02. The Hall–Kier alpha value is -1.06. The second kappa shape index (κ2) is 7.81. The first kappa shape index (κ1) is 18.0. The van der Waals surface area contributed by atoms with Crippen molar-refractivity contribution in [1.29, 1.82) is 0 Å². The van der Waals surface area contributed by atoms with E-state index in [9.17, 15) is 4.79 Å². The molecule has 0 radical (unpaired) electrons. The maximum atomic E-state index is 12.1. The van der Waals surface area contributed by atoms with Gasteiger partial charge in [0.05, 0.1) is 6.04 Å². The third-order valence-corrected chi connectivity index (χ3v) is 4.86. The molecule has 1 amide bonds. The molecule has 1 aromatic rings. The van der Waals surface area contributed by atoms with Crippen LogP contribution < -0.4 is 11.1 Å². The van der Waals surface area contributed by atoms with Gasteiger partial charge in [0.25, 0.3) is 0 Å². The average Bonchev–Trinajstić information content (AvgIpc) is 2.45. The third kappa shape index (κ3) is 3.98. The fourth-order valence-corrected chi connectivity index (χ4v) is 2.85. The Labute approximate surface area is 134 Å². The first-order valence-electron chi connectivity index (χ1n) is 7.68. The van der Waals surface area contributed by atoms with E-state index in [0.717, 1.165) is 19.3 Å². The highest BCUT2D eigenvalue weighted by molar-refractivity contribution is 5.85. The van der Waals surface area contributed by atoms with Gasteiger partial charge in [-0.25, -0.2) is 0 Å². The summed E-state index contributed by atoms with van der Waals surface area (Å²) in [4.78, 5) is 12.1. The average molecular weight is 311 g/mol. The summed E-state index contributed by atoms with van der Waals surface area (Å²) in [6.07, 6.45) is 4.46.